The highest BCUT2D eigenvalue weighted by atomic mass is 16.6. The van der Waals surface area contributed by atoms with E-state index in [2.05, 4.69) is 20.6 Å². The molecule has 4 aromatic rings. The maximum atomic E-state index is 14.0. The molecule has 0 aliphatic heterocycles. The number of hydrogen-bond donors (Lipinski definition) is 2. The highest BCUT2D eigenvalue weighted by Crippen LogP contribution is 2.25. The molecule has 3 amide bonds. The van der Waals surface area contributed by atoms with Gasteiger partial charge in [-0.25, -0.2) is 24.2 Å². The van der Waals surface area contributed by atoms with Gasteiger partial charge in [0.2, 0.25) is 5.96 Å². The minimum Gasteiger partial charge on any atom is -0.456 e. The van der Waals surface area contributed by atoms with Gasteiger partial charge in [0.15, 0.2) is 0 Å². The van der Waals surface area contributed by atoms with Gasteiger partial charge in [0.1, 0.15) is 28.2 Å². The molecule has 0 saturated heterocycles. The van der Waals surface area contributed by atoms with Crippen molar-refractivity contribution in [1.82, 2.24) is 15.2 Å². The number of carbonyl (C=O) groups excluding carboxylic acids is 5. The second kappa shape index (κ2) is 18.1. The number of amides is 3. The van der Waals surface area contributed by atoms with E-state index in [1.54, 1.807) is 107 Å². The van der Waals surface area contributed by atoms with Gasteiger partial charge in [0.25, 0.3) is 5.91 Å². The van der Waals surface area contributed by atoms with Crippen LogP contribution in [0.1, 0.15) is 120 Å². The van der Waals surface area contributed by atoms with Crippen LogP contribution >= 0.6 is 0 Å². The Hall–Kier alpha value is -6.31. The fraction of sp³-hybridized carbons (Fsp3) is 0.400. The summed E-state index contributed by atoms with van der Waals surface area (Å²) in [6.07, 6.45) is -1.78. The summed E-state index contributed by atoms with van der Waals surface area (Å²) in [7, 11) is 0. The molecule has 59 heavy (non-hydrogen) atoms. The monoisotopic (exact) mass is 809 g/mol. The number of carbonyl (C=O) groups is 5. The molecule has 0 radical (unpaired) electrons. The summed E-state index contributed by atoms with van der Waals surface area (Å²) in [5.74, 6) is -1.34. The summed E-state index contributed by atoms with van der Waals surface area (Å²) in [6, 6.07) is 21.4. The summed E-state index contributed by atoms with van der Waals surface area (Å²) in [5, 5.41) is 5.90. The van der Waals surface area contributed by atoms with Crippen LogP contribution in [0.15, 0.2) is 83.9 Å². The molecule has 0 bridgehead atoms. The van der Waals surface area contributed by atoms with Gasteiger partial charge in [-0.1, -0.05) is 39.0 Å². The van der Waals surface area contributed by atoms with E-state index < -0.39 is 40.9 Å². The van der Waals surface area contributed by atoms with Crippen molar-refractivity contribution in [2.45, 2.75) is 106 Å². The molecule has 0 saturated carbocycles. The Morgan fingerprint density at radius 3 is 1.93 bits per heavy atom. The minimum absolute atomic E-state index is 0.219. The highest BCUT2D eigenvalue weighted by Gasteiger charge is 2.25. The second-order valence-corrected chi connectivity index (χ2v) is 18.1. The molecule has 0 aliphatic rings. The van der Waals surface area contributed by atoms with Crippen molar-refractivity contribution >= 4 is 52.6 Å². The van der Waals surface area contributed by atoms with Crippen molar-refractivity contribution in [2.75, 3.05) is 11.9 Å². The molecule has 1 heterocycles. The third-order valence-electron chi connectivity index (χ3n) is 7.58. The van der Waals surface area contributed by atoms with Gasteiger partial charge >= 0.3 is 24.1 Å². The number of nitrogens with zero attached hydrogens (tertiary/aromatic N) is 3. The minimum atomic E-state index is -0.938. The maximum Gasteiger partial charge on any atom is 0.437 e. The summed E-state index contributed by atoms with van der Waals surface area (Å²) in [6.45, 7) is 22.4. The Morgan fingerprint density at radius 2 is 1.32 bits per heavy atom. The number of hydrogen-bond acceptors (Lipinski definition) is 10. The molecular weight excluding hydrogens is 755 g/mol. The Balaban J connectivity index is 1.47. The Labute approximate surface area is 345 Å². The summed E-state index contributed by atoms with van der Waals surface area (Å²) in [4.78, 5) is 75.0. The molecule has 14 nitrogen and oxygen atoms in total. The molecule has 0 fully saturated rings. The van der Waals surface area contributed by atoms with Crippen LogP contribution in [0.2, 0.25) is 0 Å². The van der Waals surface area contributed by atoms with E-state index in [9.17, 15) is 24.0 Å². The molecule has 4 rings (SSSR count). The fourth-order valence-electron chi connectivity index (χ4n) is 5.43. The third-order valence-corrected chi connectivity index (χ3v) is 7.58. The van der Waals surface area contributed by atoms with Crippen LogP contribution in [0, 0.1) is 5.41 Å². The van der Waals surface area contributed by atoms with Crippen LogP contribution in [0.5, 0.6) is 5.75 Å². The maximum absolute atomic E-state index is 14.0. The van der Waals surface area contributed by atoms with E-state index in [-0.39, 0.29) is 40.8 Å². The van der Waals surface area contributed by atoms with E-state index in [1.165, 1.54) is 12.1 Å². The first-order valence-electron chi connectivity index (χ1n) is 19.2. The molecule has 2 N–H and O–H groups in total. The largest absolute Gasteiger partial charge is 0.456 e. The Bertz CT molecular complexity index is 2220. The van der Waals surface area contributed by atoms with Crippen molar-refractivity contribution in [3.63, 3.8) is 0 Å². The summed E-state index contributed by atoms with van der Waals surface area (Å²) in [5.41, 5.74) is 0.0481. The number of nitrogens with one attached hydrogen (secondary N) is 2. The van der Waals surface area contributed by atoms with E-state index >= 15 is 0 Å². The average Bonchev–Trinajstić information content (AvgIpc) is 3.08. The lowest BCUT2D eigenvalue weighted by atomic mass is 9.95. The zero-order chi connectivity index (χ0) is 43.9. The van der Waals surface area contributed by atoms with Crippen LogP contribution < -0.4 is 15.4 Å². The van der Waals surface area contributed by atoms with Gasteiger partial charge < -0.3 is 29.2 Å². The number of guanidine groups is 1. The molecule has 0 aliphatic carbocycles. The van der Waals surface area contributed by atoms with Crippen molar-refractivity contribution < 1.29 is 42.9 Å². The number of anilines is 1. The van der Waals surface area contributed by atoms with Gasteiger partial charge in [-0.2, -0.15) is 0 Å². The van der Waals surface area contributed by atoms with E-state index in [1.807, 2.05) is 47.6 Å². The number of pyridine rings is 1. The topological polar surface area (TPSA) is 175 Å². The van der Waals surface area contributed by atoms with Crippen molar-refractivity contribution in [1.29, 1.82) is 0 Å². The molecule has 0 unspecified atom stereocenters. The quantitative estimate of drug-likeness (QED) is 0.0571. The highest BCUT2D eigenvalue weighted by molar-refractivity contribution is 6.06. The lowest BCUT2D eigenvalue weighted by Crippen LogP contribution is -2.40. The number of benzene rings is 3. The lowest BCUT2D eigenvalue weighted by molar-refractivity contribution is 0.00685. The molecule has 314 valence electrons. The molecular formula is C45H55N5O9. The van der Waals surface area contributed by atoms with Gasteiger partial charge in [-0.05, 0) is 134 Å². The van der Waals surface area contributed by atoms with Gasteiger partial charge in [0, 0.05) is 24.2 Å². The van der Waals surface area contributed by atoms with E-state index in [0.29, 0.717) is 28.7 Å². The number of ether oxygens (including phenoxy) is 4. The molecule has 14 heteroatoms. The molecule has 0 spiro atoms. The number of esters is 2. The zero-order valence-corrected chi connectivity index (χ0v) is 35.9. The van der Waals surface area contributed by atoms with Crippen LogP contribution in [0.4, 0.5) is 15.3 Å². The third kappa shape index (κ3) is 15.2. The van der Waals surface area contributed by atoms with Gasteiger partial charge in [-0.3, -0.25) is 10.1 Å². The van der Waals surface area contributed by atoms with Crippen LogP contribution in [-0.2, 0) is 20.8 Å². The Kier molecular flexibility index (Phi) is 13.9. The van der Waals surface area contributed by atoms with Crippen molar-refractivity contribution in [3.05, 3.63) is 101 Å². The lowest BCUT2D eigenvalue weighted by Gasteiger charge is -2.30. The normalized spacial score (nSPS) is 12.3. The summed E-state index contributed by atoms with van der Waals surface area (Å²) < 4.78 is 21.7. The fourth-order valence-corrected chi connectivity index (χ4v) is 5.43. The van der Waals surface area contributed by atoms with Gasteiger partial charge in [-0.15, -0.1) is 4.99 Å². The van der Waals surface area contributed by atoms with Crippen LogP contribution in [0.25, 0.3) is 10.9 Å². The van der Waals surface area contributed by atoms with Gasteiger partial charge in [0.05, 0.1) is 16.6 Å². The van der Waals surface area contributed by atoms with Crippen molar-refractivity contribution in [2.24, 2.45) is 10.4 Å². The standard InChI is InChI=1S/C45H55N5O9/c1-42(2,3)27-50(26-28-14-13-15-31(24-28)38(53)57-43(4,5)6)36(51)35-22-18-30-25-33(21-23-34(30)47-35)56-37(52)29-16-19-32(20-17-29)46-39(48-40(54)58-44(7,8)9)49-41(55)59-45(10,11)12/h13-25H,26-27H2,1-12H3,(H2,46,48,49,54,55). The number of fused-ring (bicyclic) bond motifs is 1. The van der Waals surface area contributed by atoms with E-state index in [4.69, 9.17) is 18.9 Å². The van der Waals surface area contributed by atoms with Crippen molar-refractivity contribution in [3.8, 4) is 5.75 Å². The molecule has 1 aromatic heterocycles. The van der Waals surface area contributed by atoms with Crippen LogP contribution in [0.3, 0.4) is 0 Å². The first kappa shape index (κ1) is 45.4. The predicted octanol–water partition coefficient (Wildman–Crippen LogP) is 9.33. The average molecular weight is 810 g/mol. The zero-order valence-electron chi connectivity index (χ0n) is 35.9. The second-order valence-electron chi connectivity index (χ2n) is 18.1. The number of rotatable bonds is 8. The predicted molar refractivity (Wildman–Crippen MR) is 226 cm³/mol. The number of alkyl carbamates (subject to hydrolysis) is 1. The number of aliphatic imine (C=N–C) groups is 1. The van der Waals surface area contributed by atoms with E-state index in [0.717, 1.165) is 5.56 Å². The summed E-state index contributed by atoms with van der Waals surface area (Å²) >= 11 is 0. The molecule has 0 atom stereocenters. The number of aromatic nitrogens is 1. The molecule has 3 aromatic carbocycles. The first-order valence-corrected chi connectivity index (χ1v) is 19.2. The van der Waals surface area contributed by atoms with Crippen LogP contribution in [-0.4, -0.2) is 69.2 Å². The smallest absolute Gasteiger partial charge is 0.437 e. The SMILES string of the molecule is CC(C)(C)CN(Cc1cccc(C(=O)OC(C)(C)C)c1)C(=O)c1ccc2cc(OC(=O)c3ccc(N/C(=N\C(=O)OC(C)(C)C)NC(=O)OC(C)(C)C)cc3)ccc2n1. The first-order chi connectivity index (χ1) is 27.2. The Morgan fingerprint density at radius 1 is 0.678 bits per heavy atom.